The van der Waals surface area contributed by atoms with E-state index in [0.29, 0.717) is 11.1 Å². The van der Waals surface area contributed by atoms with Crippen molar-refractivity contribution in [3.63, 3.8) is 0 Å². The molecule has 12 heteroatoms. The first-order chi connectivity index (χ1) is 22.7. The lowest BCUT2D eigenvalue weighted by molar-refractivity contribution is 0.340. The zero-order chi connectivity index (χ0) is 34.2. The van der Waals surface area contributed by atoms with Crippen LogP contribution in [0.5, 0.6) is 40.2 Å². The van der Waals surface area contributed by atoms with E-state index in [-0.39, 0.29) is 34.5 Å². The van der Waals surface area contributed by atoms with Crippen molar-refractivity contribution < 1.29 is 33.9 Å². The largest absolute Gasteiger partial charge is 0.502 e. The van der Waals surface area contributed by atoms with Crippen molar-refractivity contribution in [1.29, 1.82) is 0 Å². The third-order valence-corrected chi connectivity index (χ3v) is 6.81. The lowest BCUT2D eigenvalue weighted by atomic mass is 10.2. The van der Waals surface area contributed by atoms with Crippen LogP contribution in [0.4, 0.5) is 5.82 Å². The molecule has 0 saturated carbocycles. The zero-order valence-corrected chi connectivity index (χ0v) is 27.9. The second-order valence-corrected chi connectivity index (χ2v) is 10.3. The molecule has 4 rings (SSSR count). The quantitative estimate of drug-likeness (QED) is 0.139. The van der Waals surface area contributed by atoms with Crippen molar-refractivity contribution >= 4 is 18.2 Å². The Morgan fingerprint density at radius 2 is 1.15 bits per heavy atom. The summed E-state index contributed by atoms with van der Waals surface area (Å²) in [4.78, 5) is 8.95. The molecule has 0 atom stereocenters. The summed E-state index contributed by atoms with van der Waals surface area (Å²) in [5.41, 5.74) is 2.52. The highest BCUT2D eigenvalue weighted by Gasteiger charge is 2.12. The number of ether oxygens (including phenoxy) is 5. The minimum atomic E-state index is -0.0843. The van der Waals surface area contributed by atoms with E-state index in [1.54, 1.807) is 31.4 Å². The summed E-state index contributed by atoms with van der Waals surface area (Å²) in [6.45, 7) is 2.78. The van der Waals surface area contributed by atoms with Crippen LogP contribution in [0.25, 0.3) is 0 Å². The van der Waals surface area contributed by atoms with Gasteiger partial charge in [-0.25, -0.2) is 4.98 Å². The second kappa shape index (κ2) is 18.5. The molecule has 0 radical (unpaired) electrons. The normalized spacial score (nSPS) is 10.9. The zero-order valence-electron chi connectivity index (χ0n) is 27.9. The highest BCUT2D eigenvalue weighted by atomic mass is 16.5. The number of pyridine rings is 1. The maximum absolute atomic E-state index is 9.89. The van der Waals surface area contributed by atoms with Crippen LogP contribution in [0, 0.1) is 0 Å². The number of nitrogens with zero attached hydrogens (tertiary/aromatic N) is 5. The molecule has 0 aliphatic rings. The Kier molecular flexibility index (Phi) is 14.1. The van der Waals surface area contributed by atoms with Gasteiger partial charge in [0, 0.05) is 37.0 Å². The number of methoxy groups -OCH3 is 5. The van der Waals surface area contributed by atoms with E-state index in [4.69, 9.17) is 23.7 Å². The lowest BCUT2D eigenvalue weighted by Gasteiger charge is -2.25. The first-order valence-corrected chi connectivity index (χ1v) is 14.6. The van der Waals surface area contributed by atoms with E-state index in [2.05, 4.69) is 57.3 Å². The molecule has 12 nitrogen and oxygen atoms in total. The summed E-state index contributed by atoms with van der Waals surface area (Å²) < 4.78 is 25.5. The van der Waals surface area contributed by atoms with E-state index in [1.807, 2.05) is 30.5 Å². The van der Waals surface area contributed by atoms with Gasteiger partial charge >= 0.3 is 0 Å². The first-order valence-electron chi connectivity index (χ1n) is 14.6. The molecule has 250 valence electrons. The van der Waals surface area contributed by atoms with Gasteiger partial charge in [0.15, 0.2) is 23.0 Å². The van der Waals surface area contributed by atoms with Crippen LogP contribution < -0.4 is 28.6 Å². The lowest BCUT2D eigenvalue weighted by Crippen LogP contribution is -2.31. The minimum absolute atomic E-state index is 0.0843. The van der Waals surface area contributed by atoms with Crippen molar-refractivity contribution in [3.8, 4) is 40.2 Å². The van der Waals surface area contributed by atoms with E-state index < -0.39 is 0 Å². The van der Waals surface area contributed by atoms with Crippen LogP contribution >= 0.6 is 0 Å². The SMILES string of the molecule is COc1cc(/C=N/N=C/c2cc(OC)c(O)c(OC)c2)cc(OC)c1O.COc1ccc(CN(CCN(C)C)c2ccccn2)cc1. The van der Waals surface area contributed by atoms with Crippen molar-refractivity contribution in [1.82, 2.24) is 9.88 Å². The standard InChI is InChI=1S/C18H20N2O6.C17H23N3O/c1-23-13-5-11(6-14(24-2)17(13)21)9-19-20-10-12-7-15(25-3)18(22)16(8-12)26-4;1-19(2)12-13-20(17-6-4-5-11-18-17)14-15-7-9-16(21-3)10-8-15/h5-10,21-22H,1-4H3;4-11H,12-14H2,1-3H3/b19-9+,20-10+;. The van der Waals surface area contributed by atoms with Gasteiger partial charge in [0.25, 0.3) is 0 Å². The molecule has 0 fully saturated rings. The minimum Gasteiger partial charge on any atom is -0.502 e. The maximum Gasteiger partial charge on any atom is 0.200 e. The van der Waals surface area contributed by atoms with Gasteiger partial charge in [-0.05, 0) is 68.2 Å². The topological polar surface area (TPSA) is 131 Å². The Morgan fingerprint density at radius 3 is 1.53 bits per heavy atom. The molecule has 0 saturated heterocycles. The highest BCUT2D eigenvalue weighted by molar-refractivity contribution is 5.85. The Labute approximate surface area is 276 Å². The first kappa shape index (κ1) is 36.0. The van der Waals surface area contributed by atoms with Gasteiger partial charge in [-0.15, -0.1) is 0 Å². The Morgan fingerprint density at radius 1 is 0.660 bits per heavy atom. The number of phenolic OH excluding ortho intramolecular Hbond substituents is 2. The van der Waals surface area contributed by atoms with E-state index in [9.17, 15) is 10.2 Å². The maximum atomic E-state index is 9.89. The van der Waals surface area contributed by atoms with Crippen LogP contribution in [0.1, 0.15) is 16.7 Å². The number of rotatable bonds is 14. The van der Waals surface area contributed by atoms with Gasteiger partial charge in [0.1, 0.15) is 11.6 Å². The molecule has 47 heavy (non-hydrogen) atoms. The predicted octanol–water partition coefficient (Wildman–Crippen LogP) is 5.24. The smallest absolute Gasteiger partial charge is 0.200 e. The van der Waals surface area contributed by atoms with Crippen LogP contribution in [-0.4, -0.2) is 95.3 Å². The summed E-state index contributed by atoms with van der Waals surface area (Å²) in [5, 5.41) is 27.7. The van der Waals surface area contributed by atoms with Gasteiger partial charge in [0.2, 0.25) is 11.5 Å². The molecular formula is C35H43N5O7. The Hall–Kier alpha value is -5.49. The van der Waals surface area contributed by atoms with Crippen LogP contribution in [0.15, 0.2) is 83.1 Å². The summed E-state index contributed by atoms with van der Waals surface area (Å²) in [5.74, 6) is 2.79. The van der Waals surface area contributed by atoms with E-state index in [1.165, 1.54) is 46.4 Å². The summed E-state index contributed by atoms with van der Waals surface area (Å²) >= 11 is 0. The number of aromatic nitrogens is 1. The Balaban J connectivity index is 0.000000261. The number of likely N-dealkylation sites (N-methyl/N-ethyl adjacent to an activating group) is 1. The molecule has 0 unspecified atom stereocenters. The van der Waals surface area contributed by atoms with Gasteiger partial charge in [-0.3, -0.25) is 0 Å². The highest BCUT2D eigenvalue weighted by Crippen LogP contribution is 2.37. The molecule has 1 aromatic heterocycles. The molecule has 0 spiro atoms. The van der Waals surface area contributed by atoms with Crippen molar-refractivity contribution in [2.45, 2.75) is 6.54 Å². The van der Waals surface area contributed by atoms with E-state index in [0.717, 1.165) is 31.2 Å². The third-order valence-electron chi connectivity index (χ3n) is 6.81. The third kappa shape index (κ3) is 10.8. The Bertz CT molecular complexity index is 1480. The fourth-order valence-electron chi connectivity index (χ4n) is 4.26. The average Bonchev–Trinajstić information content (AvgIpc) is 3.10. The molecule has 0 aliphatic heterocycles. The summed E-state index contributed by atoms with van der Waals surface area (Å²) in [6.07, 6.45) is 4.80. The van der Waals surface area contributed by atoms with Crippen molar-refractivity contribution in [3.05, 3.63) is 89.6 Å². The van der Waals surface area contributed by atoms with Crippen molar-refractivity contribution in [2.75, 3.05) is 67.6 Å². The molecule has 4 aromatic rings. The number of phenols is 2. The number of hydrogen-bond acceptors (Lipinski definition) is 12. The molecular weight excluding hydrogens is 602 g/mol. The van der Waals surface area contributed by atoms with Crippen LogP contribution in [0.2, 0.25) is 0 Å². The van der Waals surface area contributed by atoms with Gasteiger partial charge in [-0.2, -0.15) is 10.2 Å². The second-order valence-electron chi connectivity index (χ2n) is 10.3. The molecule has 3 aromatic carbocycles. The van der Waals surface area contributed by atoms with Crippen molar-refractivity contribution in [2.24, 2.45) is 10.2 Å². The molecule has 0 bridgehead atoms. The van der Waals surface area contributed by atoms with E-state index >= 15 is 0 Å². The van der Waals surface area contributed by atoms with Gasteiger partial charge < -0.3 is 43.7 Å². The fourth-order valence-corrected chi connectivity index (χ4v) is 4.26. The van der Waals surface area contributed by atoms with Gasteiger partial charge in [-0.1, -0.05) is 18.2 Å². The average molecular weight is 646 g/mol. The molecule has 0 amide bonds. The molecule has 1 heterocycles. The number of hydrogen-bond donors (Lipinski definition) is 2. The number of aromatic hydroxyl groups is 2. The van der Waals surface area contributed by atoms with Crippen LogP contribution in [0.3, 0.4) is 0 Å². The number of benzene rings is 3. The van der Waals surface area contributed by atoms with Gasteiger partial charge in [0.05, 0.1) is 48.0 Å². The van der Waals surface area contributed by atoms with Crippen LogP contribution in [-0.2, 0) is 6.54 Å². The number of anilines is 1. The summed E-state index contributed by atoms with van der Waals surface area (Å²) in [7, 11) is 11.6. The summed E-state index contributed by atoms with van der Waals surface area (Å²) in [6, 6.07) is 20.6. The molecule has 0 aliphatic carbocycles. The molecule has 2 N–H and O–H groups in total. The predicted molar refractivity (Wildman–Crippen MR) is 184 cm³/mol. The monoisotopic (exact) mass is 645 g/mol. The fraction of sp³-hybridized carbons (Fsp3) is 0.286.